The summed E-state index contributed by atoms with van der Waals surface area (Å²) in [6, 6.07) is 14.4. The van der Waals surface area contributed by atoms with Crippen LogP contribution in [0.25, 0.3) is 10.7 Å². The van der Waals surface area contributed by atoms with Crippen LogP contribution in [0.4, 0.5) is 0 Å². The van der Waals surface area contributed by atoms with Gasteiger partial charge >= 0.3 is 0 Å². The van der Waals surface area contributed by atoms with E-state index in [-0.39, 0.29) is 11.2 Å². The predicted octanol–water partition coefficient (Wildman–Crippen LogP) is 4.82. The molecular formula is C21H26N4OS2. The highest BCUT2D eigenvalue weighted by Crippen LogP contribution is 2.29. The van der Waals surface area contributed by atoms with Gasteiger partial charge < -0.3 is 9.88 Å². The van der Waals surface area contributed by atoms with Crippen LogP contribution in [0.5, 0.6) is 0 Å². The van der Waals surface area contributed by atoms with Gasteiger partial charge in [-0.25, -0.2) is 0 Å². The number of thiophene rings is 1. The monoisotopic (exact) mass is 414 g/mol. The molecule has 0 spiro atoms. The van der Waals surface area contributed by atoms with Gasteiger partial charge in [0.2, 0.25) is 5.91 Å². The largest absolute Gasteiger partial charge is 0.355 e. The Morgan fingerprint density at radius 3 is 2.61 bits per heavy atom. The molecule has 0 fully saturated rings. The average molecular weight is 415 g/mol. The number of aromatic nitrogens is 3. The van der Waals surface area contributed by atoms with Gasteiger partial charge in [-0.3, -0.25) is 4.79 Å². The molecule has 28 heavy (non-hydrogen) atoms. The standard InChI is InChI=1S/C21H26N4OS2/c1-4-16(17-10-7-6-8-11-17)14-22-20(26)15(3)28-21-24-23-19(25(21)5-2)18-12-9-13-27-18/h6-13,15-16H,4-5,14H2,1-3H3,(H,22,26)/t15-,16+/m0/s1. The van der Waals surface area contributed by atoms with Crippen LogP contribution in [0, 0.1) is 0 Å². The van der Waals surface area contributed by atoms with Crippen molar-refractivity contribution in [3.8, 4) is 10.7 Å². The Morgan fingerprint density at radius 1 is 1.18 bits per heavy atom. The molecule has 1 aromatic carbocycles. The molecule has 0 aliphatic carbocycles. The Hall–Kier alpha value is -2.12. The van der Waals surface area contributed by atoms with Crippen LogP contribution in [0.1, 0.15) is 38.7 Å². The van der Waals surface area contributed by atoms with Gasteiger partial charge in [-0.1, -0.05) is 55.1 Å². The number of nitrogens with zero attached hydrogens (tertiary/aromatic N) is 3. The lowest BCUT2D eigenvalue weighted by Crippen LogP contribution is -2.34. The fraction of sp³-hybridized carbons (Fsp3) is 0.381. The van der Waals surface area contributed by atoms with Gasteiger partial charge in [0.05, 0.1) is 10.1 Å². The molecule has 3 rings (SSSR count). The third kappa shape index (κ3) is 4.83. The first-order chi connectivity index (χ1) is 13.6. The molecule has 1 amide bonds. The Morgan fingerprint density at radius 2 is 1.96 bits per heavy atom. The van der Waals surface area contributed by atoms with Crippen molar-refractivity contribution in [1.29, 1.82) is 0 Å². The fourth-order valence-electron chi connectivity index (χ4n) is 3.05. The number of amides is 1. The van der Waals surface area contributed by atoms with E-state index in [1.54, 1.807) is 11.3 Å². The number of thioether (sulfide) groups is 1. The zero-order valence-corrected chi connectivity index (χ0v) is 18.1. The van der Waals surface area contributed by atoms with Crippen LogP contribution in [0.15, 0.2) is 53.0 Å². The summed E-state index contributed by atoms with van der Waals surface area (Å²) in [5.74, 6) is 1.22. The van der Waals surface area contributed by atoms with Gasteiger partial charge in [0.25, 0.3) is 0 Å². The highest BCUT2D eigenvalue weighted by molar-refractivity contribution is 8.00. The Labute approximate surface area is 174 Å². The van der Waals surface area contributed by atoms with E-state index in [4.69, 9.17) is 0 Å². The van der Waals surface area contributed by atoms with E-state index in [0.29, 0.717) is 12.5 Å². The molecule has 2 heterocycles. The molecule has 148 valence electrons. The summed E-state index contributed by atoms with van der Waals surface area (Å²) in [5, 5.41) is 14.4. The second-order valence-electron chi connectivity index (χ2n) is 6.55. The van der Waals surface area contributed by atoms with E-state index >= 15 is 0 Å². The van der Waals surface area contributed by atoms with Crippen LogP contribution < -0.4 is 5.32 Å². The first kappa shape index (κ1) is 20.6. The smallest absolute Gasteiger partial charge is 0.233 e. The summed E-state index contributed by atoms with van der Waals surface area (Å²) in [6.07, 6.45) is 0.986. The lowest BCUT2D eigenvalue weighted by molar-refractivity contribution is -0.120. The van der Waals surface area contributed by atoms with Crippen molar-refractivity contribution in [3.05, 3.63) is 53.4 Å². The average Bonchev–Trinajstić information content (AvgIpc) is 3.38. The summed E-state index contributed by atoms with van der Waals surface area (Å²) in [4.78, 5) is 13.7. The number of hydrogen-bond donors (Lipinski definition) is 1. The zero-order chi connectivity index (χ0) is 19.9. The normalized spacial score (nSPS) is 13.2. The Bertz CT molecular complexity index is 877. The molecule has 3 aromatic rings. The van der Waals surface area contributed by atoms with Gasteiger partial charge in [0.15, 0.2) is 11.0 Å². The van der Waals surface area contributed by atoms with Crippen molar-refractivity contribution in [2.45, 2.75) is 50.1 Å². The van der Waals surface area contributed by atoms with Crippen LogP contribution in [-0.4, -0.2) is 32.5 Å². The van der Waals surface area contributed by atoms with Crippen molar-refractivity contribution in [1.82, 2.24) is 20.1 Å². The first-order valence-electron chi connectivity index (χ1n) is 9.60. The number of benzene rings is 1. The number of hydrogen-bond acceptors (Lipinski definition) is 5. The second kappa shape index (κ2) is 9.89. The third-order valence-corrected chi connectivity index (χ3v) is 6.66. The third-order valence-electron chi connectivity index (χ3n) is 4.71. The lowest BCUT2D eigenvalue weighted by atomic mass is 9.96. The topological polar surface area (TPSA) is 59.8 Å². The van der Waals surface area contributed by atoms with E-state index in [1.807, 2.05) is 42.6 Å². The SMILES string of the molecule is CC[C@H](CNC(=O)[C@H](C)Sc1nnc(-c2cccs2)n1CC)c1ccccc1. The van der Waals surface area contributed by atoms with Crippen molar-refractivity contribution >= 4 is 29.0 Å². The molecule has 0 bridgehead atoms. The minimum absolute atomic E-state index is 0.0303. The molecule has 2 aromatic heterocycles. The van der Waals surface area contributed by atoms with Gasteiger partial charge in [-0.15, -0.1) is 21.5 Å². The zero-order valence-electron chi connectivity index (χ0n) is 16.5. The van der Waals surface area contributed by atoms with E-state index in [2.05, 4.69) is 46.1 Å². The highest BCUT2D eigenvalue weighted by Gasteiger charge is 2.21. The van der Waals surface area contributed by atoms with E-state index in [1.165, 1.54) is 17.3 Å². The van der Waals surface area contributed by atoms with Crippen LogP contribution in [0.2, 0.25) is 0 Å². The van der Waals surface area contributed by atoms with E-state index in [0.717, 1.165) is 28.8 Å². The molecular weight excluding hydrogens is 388 g/mol. The molecule has 1 N–H and O–H groups in total. The molecule has 5 nitrogen and oxygen atoms in total. The molecule has 0 aliphatic rings. The van der Waals surface area contributed by atoms with Crippen molar-refractivity contribution in [2.24, 2.45) is 0 Å². The second-order valence-corrected chi connectivity index (χ2v) is 8.80. The van der Waals surface area contributed by atoms with Crippen LogP contribution in [-0.2, 0) is 11.3 Å². The summed E-state index contributed by atoms with van der Waals surface area (Å²) in [5.41, 5.74) is 1.26. The Kier molecular flexibility index (Phi) is 7.28. The van der Waals surface area contributed by atoms with Crippen LogP contribution in [0.3, 0.4) is 0 Å². The minimum atomic E-state index is -0.237. The minimum Gasteiger partial charge on any atom is -0.355 e. The van der Waals surface area contributed by atoms with Gasteiger partial charge in [0.1, 0.15) is 0 Å². The molecule has 0 saturated heterocycles. The Balaban J connectivity index is 1.61. The van der Waals surface area contributed by atoms with Crippen molar-refractivity contribution in [2.75, 3.05) is 6.54 Å². The first-order valence-corrected chi connectivity index (χ1v) is 11.4. The molecule has 0 unspecified atom stereocenters. The molecule has 2 atom stereocenters. The van der Waals surface area contributed by atoms with E-state index < -0.39 is 0 Å². The maximum Gasteiger partial charge on any atom is 0.233 e. The quantitative estimate of drug-likeness (QED) is 0.510. The van der Waals surface area contributed by atoms with Crippen molar-refractivity contribution in [3.63, 3.8) is 0 Å². The lowest BCUT2D eigenvalue weighted by Gasteiger charge is -2.18. The van der Waals surface area contributed by atoms with Gasteiger partial charge in [-0.05, 0) is 37.3 Å². The fourth-order valence-corrected chi connectivity index (χ4v) is 4.71. The van der Waals surface area contributed by atoms with Gasteiger partial charge in [-0.2, -0.15) is 0 Å². The number of carbonyl (C=O) groups excluding carboxylic acids is 1. The van der Waals surface area contributed by atoms with Crippen LogP contribution >= 0.6 is 23.1 Å². The maximum absolute atomic E-state index is 12.6. The summed E-state index contributed by atoms with van der Waals surface area (Å²) < 4.78 is 2.07. The molecule has 0 saturated carbocycles. The van der Waals surface area contributed by atoms with Gasteiger partial charge in [0, 0.05) is 19.0 Å². The molecule has 0 aliphatic heterocycles. The summed E-state index contributed by atoms with van der Waals surface area (Å²) in [6.45, 7) is 7.55. The molecule has 0 radical (unpaired) electrons. The number of carbonyl (C=O) groups is 1. The highest BCUT2D eigenvalue weighted by atomic mass is 32.2. The summed E-state index contributed by atoms with van der Waals surface area (Å²) in [7, 11) is 0. The predicted molar refractivity (Wildman–Crippen MR) is 117 cm³/mol. The summed E-state index contributed by atoms with van der Waals surface area (Å²) >= 11 is 3.10. The number of rotatable bonds is 9. The molecule has 7 heteroatoms. The van der Waals surface area contributed by atoms with E-state index in [9.17, 15) is 4.79 Å². The maximum atomic E-state index is 12.6. The van der Waals surface area contributed by atoms with Crippen molar-refractivity contribution < 1.29 is 4.79 Å². The number of nitrogens with one attached hydrogen (secondary N) is 1.